The number of carbonyl (C=O) groups excluding carboxylic acids is 1. The molecular formula is C18H23N5O. The van der Waals surface area contributed by atoms with Crippen molar-refractivity contribution in [2.45, 2.75) is 20.0 Å². The number of hydrogen-bond donors (Lipinski definition) is 2. The van der Waals surface area contributed by atoms with Crippen molar-refractivity contribution in [3.8, 4) is 0 Å². The molecule has 1 aromatic carbocycles. The highest BCUT2D eigenvalue weighted by Gasteiger charge is 2.34. The molecule has 3 rings (SSSR count). The fourth-order valence-corrected chi connectivity index (χ4v) is 3.20. The van der Waals surface area contributed by atoms with Gasteiger partial charge in [-0.3, -0.25) is 9.69 Å². The molecule has 1 aliphatic heterocycles. The lowest BCUT2D eigenvalue weighted by Gasteiger charge is -2.16. The summed E-state index contributed by atoms with van der Waals surface area (Å²) < 4.78 is 0. The zero-order valence-electron chi connectivity index (χ0n) is 13.9. The summed E-state index contributed by atoms with van der Waals surface area (Å²) in [6.45, 7) is 5.10. The van der Waals surface area contributed by atoms with E-state index in [9.17, 15) is 4.79 Å². The number of anilines is 1. The van der Waals surface area contributed by atoms with E-state index in [2.05, 4.69) is 39.2 Å². The van der Waals surface area contributed by atoms with Crippen LogP contribution in [0.15, 0.2) is 42.9 Å². The number of benzene rings is 1. The lowest BCUT2D eigenvalue weighted by molar-refractivity contribution is -0.125. The standard InChI is InChI=1S/C18H23N5O/c1-13-9-23(10-14-5-3-2-4-6-14)11-16(13)18(24)21-8-15-7-20-12-22-17(15)19/h2-7,12-13,16H,8-11H2,1H3,(H,21,24)(H2,19,20,22)/t13-,16-/m1/s1. The molecule has 3 N–H and O–H groups in total. The maximum absolute atomic E-state index is 12.5. The minimum Gasteiger partial charge on any atom is -0.383 e. The Hall–Kier alpha value is -2.47. The molecule has 24 heavy (non-hydrogen) atoms. The van der Waals surface area contributed by atoms with Crippen molar-refractivity contribution in [3.63, 3.8) is 0 Å². The Kier molecular flexibility index (Phi) is 5.05. The molecule has 0 saturated carbocycles. The largest absolute Gasteiger partial charge is 0.383 e. The van der Waals surface area contributed by atoms with Crippen molar-refractivity contribution < 1.29 is 4.79 Å². The van der Waals surface area contributed by atoms with Gasteiger partial charge in [0.25, 0.3) is 0 Å². The maximum Gasteiger partial charge on any atom is 0.224 e. The van der Waals surface area contributed by atoms with Gasteiger partial charge in [0, 0.05) is 37.9 Å². The summed E-state index contributed by atoms with van der Waals surface area (Å²) >= 11 is 0. The second-order valence-electron chi connectivity index (χ2n) is 6.41. The van der Waals surface area contributed by atoms with Crippen LogP contribution in [0.3, 0.4) is 0 Å². The quantitative estimate of drug-likeness (QED) is 0.869. The van der Waals surface area contributed by atoms with Crippen LogP contribution in [0.5, 0.6) is 0 Å². The van der Waals surface area contributed by atoms with Gasteiger partial charge >= 0.3 is 0 Å². The van der Waals surface area contributed by atoms with Crippen LogP contribution in [-0.4, -0.2) is 33.9 Å². The van der Waals surface area contributed by atoms with Gasteiger partial charge in [0.15, 0.2) is 0 Å². The molecule has 126 valence electrons. The molecule has 2 aromatic rings. The average molecular weight is 325 g/mol. The summed E-state index contributed by atoms with van der Waals surface area (Å²) in [4.78, 5) is 22.7. The first kappa shape index (κ1) is 16.4. The van der Waals surface area contributed by atoms with Crippen LogP contribution in [0, 0.1) is 11.8 Å². The van der Waals surface area contributed by atoms with E-state index in [0.717, 1.165) is 25.2 Å². The molecule has 0 spiro atoms. The van der Waals surface area contributed by atoms with Crippen molar-refractivity contribution in [2.75, 3.05) is 18.8 Å². The van der Waals surface area contributed by atoms with Crippen LogP contribution in [0.4, 0.5) is 5.82 Å². The highest BCUT2D eigenvalue weighted by atomic mass is 16.1. The molecule has 0 aliphatic carbocycles. The van der Waals surface area contributed by atoms with Crippen molar-refractivity contribution in [2.24, 2.45) is 11.8 Å². The lowest BCUT2D eigenvalue weighted by Crippen LogP contribution is -2.34. The zero-order valence-corrected chi connectivity index (χ0v) is 13.9. The molecule has 0 unspecified atom stereocenters. The number of rotatable bonds is 5. The van der Waals surface area contributed by atoms with Crippen LogP contribution in [0.1, 0.15) is 18.1 Å². The summed E-state index contributed by atoms with van der Waals surface area (Å²) in [5.74, 6) is 0.814. The number of nitrogens with one attached hydrogen (secondary N) is 1. The van der Waals surface area contributed by atoms with Crippen LogP contribution in [0.2, 0.25) is 0 Å². The molecule has 2 heterocycles. The normalized spacial score (nSPS) is 20.9. The van der Waals surface area contributed by atoms with Crippen LogP contribution in [0.25, 0.3) is 0 Å². The second kappa shape index (κ2) is 7.40. The van der Waals surface area contributed by atoms with Gasteiger partial charge in [0.1, 0.15) is 12.1 Å². The van der Waals surface area contributed by atoms with Crippen LogP contribution in [-0.2, 0) is 17.9 Å². The molecule has 0 bridgehead atoms. The second-order valence-corrected chi connectivity index (χ2v) is 6.41. The first-order chi connectivity index (χ1) is 11.6. The van der Waals surface area contributed by atoms with Crippen LogP contribution >= 0.6 is 0 Å². The Morgan fingerprint density at radius 1 is 1.33 bits per heavy atom. The summed E-state index contributed by atoms with van der Waals surface area (Å²) in [6.07, 6.45) is 3.05. The highest BCUT2D eigenvalue weighted by molar-refractivity contribution is 5.79. The summed E-state index contributed by atoms with van der Waals surface area (Å²) in [7, 11) is 0. The molecule has 1 aliphatic rings. The van der Waals surface area contributed by atoms with Crippen molar-refractivity contribution in [3.05, 3.63) is 54.0 Å². The number of aromatic nitrogens is 2. The number of hydrogen-bond acceptors (Lipinski definition) is 5. The van der Waals surface area contributed by atoms with E-state index in [4.69, 9.17) is 5.73 Å². The van der Waals surface area contributed by atoms with Crippen LogP contribution < -0.4 is 11.1 Å². The Balaban J connectivity index is 1.54. The van der Waals surface area contributed by atoms with Gasteiger partial charge in [-0.1, -0.05) is 37.3 Å². The average Bonchev–Trinajstić information content (AvgIpc) is 2.95. The number of likely N-dealkylation sites (tertiary alicyclic amines) is 1. The van der Waals surface area contributed by atoms with Crippen molar-refractivity contribution in [1.29, 1.82) is 0 Å². The van der Waals surface area contributed by atoms with Gasteiger partial charge in [0.05, 0.1) is 5.92 Å². The molecule has 1 aromatic heterocycles. The van der Waals surface area contributed by atoms with E-state index in [-0.39, 0.29) is 11.8 Å². The van der Waals surface area contributed by atoms with E-state index < -0.39 is 0 Å². The topological polar surface area (TPSA) is 84.1 Å². The lowest BCUT2D eigenvalue weighted by atomic mass is 9.97. The fourth-order valence-electron chi connectivity index (χ4n) is 3.20. The number of carbonyl (C=O) groups is 1. The minimum atomic E-state index is -0.000401. The summed E-state index contributed by atoms with van der Waals surface area (Å²) in [6, 6.07) is 10.4. The summed E-state index contributed by atoms with van der Waals surface area (Å²) in [5, 5.41) is 2.97. The highest BCUT2D eigenvalue weighted by Crippen LogP contribution is 2.24. The van der Waals surface area contributed by atoms with Crippen molar-refractivity contribution in [1.82, 2.24) is 20.2 Å². The molecule has 1 saturated heterocycles. The Morgan fingerprint density at radius 2 is 2.12 bits per heavy atom. The smallest absolute Gasteiger partial charge is 0.224 e. The van der Waals surface area contributed by atoms with E-state index in [0.29, 0.717) is 18.3 Å². The molecule has 6 heteroatoms. The van der Waals surface area contributed by atoms with Gasteiger partial charge in [-0.2, -0.15) is 0 Å². The van der Waals surface area contributed by atoms with Gasteiger partial charge < -0.3 is 11.1 Å². The molecule has 6 nitrogen and oxygen atoms in total. The third kappa shape index (κ3) is 3.89. The van der Waals surface area contributed by atoms with Gasteiger partial charge in [-0.25, -0.2) is 9.97 Å². The van der Waals surface area contributed by atoms with E-state index in [1.807, 2.05) is 18.2 Å². The van der Waals surface area contributed by atoms with Gasteiger partial charge in [-0.15, -0.1) is 0 Å². The first-order valence-corrected chi connectivity index (χ1v) is 8.22. The number of nitrogens with zero attached hydrogens (tertiary/aromatic N) is 3. The predicted octanol–water partition coefficient (Wildman–Crippen LogP) is 1.44. The van der Waals surface area contributed by atoms with Crippen molar-refractivity contribution >= 4 is 11.7 Å². The third-order valence-corrected chi connectivity index (χ3v) is 4.55. The Bertz CT molecular complexity index is 691. The van der Waals surface area contributed by atoms with E-state index >= 15 is 0 Å². The fraction of sp³-hybridized carbons (Fsp3) is 0.389. The SMILES string of the molecule is C[C@@H]1CN(Cc2ccccc2)C[C@H]1C(=O)NCc1cncnc1N. The Morgan fingerprint density at radius 3 is 2.88 bits per heavy atom. The Labute approximate surface area is 142 Å². The minimum absolute atomic E-state index is 0.000401. The molecule has 1 fully saturated rings. The van der Waals surface area contributed by atoms with Gasteiger partial charge in [0.2, 0.25) is 5.91 Å². The number of amides is 1. The molecule has 1 amide bonds. The third-order valence-electron chi connectivity index (χ3n) is 4.55. The predicted molar refractivity (Wildman–Crippen MR) is 92.7 cm³/mol. The monoisotopic (exact) mass is 325 g/mol. The number of nitrogen functional groups attached to an aromatic ring is 1. The molecular weight excluding hydrogens is 302 g/mol. The maximum atomic E-state index is 12.5. The van der Waals surface area contributed by atoms with E-state index in [1.165, 1.54) is 11.9 Å². The van der Waals surface area contributed by atoms with Gasteiger partial charge in [-0.05, 0) is 11.5 Å². The molecule has 0 radical (unpaired) electrons. The molecule has 2 atom stereocenters. The first-order valence-electron chi connectivity index (χ1n) is 8.22. The summed E-state index contributed by atoms with van der Waals surface area (Å²) in [5.41, 5.74) is 7.81. The van der Waals surface area contributed by atoms with E-state index in [1.54, 1.807) is 6.20 Å². The number of nitrogens with two attached hydrogens (primary N) is 1. The zero-order chi connectivity index (χ0) is 16.9.